The molecule has 0 atom stereocenters. The summed E-state index contributed by atoms with van der Waals surface area (Å²) in [4.78, 5) is 2.36. The van der Waals surface area contributed by atoms with Crippen LogP contribution in [0.25, 0.3) is 5.57 Å². The first-order chi connectivity index (χ1) is 10.4. The van der Waals surface area contributed by atoms with Crippen molar-refractivity contribution in [3.63, 3.8) is 0 Å². The first kappa shape index (κ1) is 13.1. The lowest BCUT2D eigenvalue weighted by atomic mass is 10.2. The van der Waals surface area contributed by atoms with E-state index in [1.165, 1.54) is 18.5 Å². The van der Waals surface area contributed by atoms with Gasteiger partial charge < -0.3 is 10.2 Å². The summed E-state index contributed by atoms with van der Waals surface area (Å²) in [5, 5.41) is 25.6. The molecule has 0 unspecified atom stereocenters. The van der Waals surface area contributed by atoms with E-state index in [4.69, 9.17) is 5.26 Å². The number of nitrogens with zero attached hydrogens (tertiary/aromatic N) is 5. The number of tetrazole rings is 1. The van der Waals surface area contributed by atoms with Crippen molar-refractivity contribution in [2.75, 3.05) is 23.3 Å². The van der Waals surface area contributed by atoms with E-state index in [2.05, 4.69) is 43.0 Å². The lowest BCUT2D eigenvalue weighted by Crippen LogP contribution is -2.17. The van der Waals surface area contributed by atoms with Crippen molar-refractivity contribution in [3.05, 3.63) is 36.3 Å². The van der Waals surface area contributed by atoms with Crippen LogP contribution in [0.5, 0.6) is 0 Å². The van der Waals surface area contributed by atoms with Crippen LogP contribution in [0.15, 0.2) is 30.5 Å². The van der Waals surface area contributed by atoms with Crippen LogP contribution in [0.1, 0.15) is 18.7 Å². The van der Waals surface area contributed by atoms with E-state index < -0.39 is 0 Å². The van der Waals surface area contributed by atoms with Gasteiger partial charge in [0.15, 0.2) is 0 Å². The third kappa shape index (κ3) is 3.00. The Balaban J connectivity index is 1.75. The quantitative estimate of drug-likeness (QED) is 0.830. The van der Waals surface area contributed by atoms with E-state index in [1.54, 1.807) is 6.20 Å². The molecule has 7 heteroatoms. The summed E-state index contributed by atoms with van der Waals surface area (Å²) in [6, 6.07) is 10.2. The average Bonchev–Trinajstić information content (AvgIpc) is 3.22. The highest BCUT2D eigenvalue weighted by Gasteiger charge is 2.12. The molecule has 0 bridgehead atoms. The van der Waals surface area contributed by atoms with Gasteiger partial charge in [0.2, 0.25) is 5.82 Å². The molecule has 21 heavy (non-hydrogen) atoms. The van der Waals surface area contributed by atoms with Crippen LogP contribution in [0.2, 0.25) is 0 Å². The van der Waals surface area contributed by atoms with E-state index >= 15 is 0 Å². The molecule has 106 valence electrons. The van der Waals surface area contributed by atoms with Gasteiger partial charge in [0, 0.05) is 30.7 Å². The van der Waals surface area contributed by atoms with Crippen molar-refractivity contribution < 1.29 is 0 Å². The first-order valence-corrected chi connectivity index (χ1v) is 6.82. The number of nitrogens with one attached hydrogen (secondary N) is 2. The summed E-state index contributed by atoms with van der Waals surface area (Å²) < 4.78 is 0. The summed E-state index contributed by atoms with van der Waals surface area (Å²) in [7, 11) is 0. The number of H-pyrrole nitrogens is 1. The van der Waals surface area contributed by atoms with Crippen LogP contribution >= 0.6 is 0 Å². The minimum Gasteiger partial charge on any atom is -0.371 e. The molecule has 2 heterocycles. The largest absolute Gasteiger partial charge is 0.371 e. The number of aromatic nitrogens is 4. The fourth-order valence-corrected chi connectivity index (χ4v) is 2.35. The number of hydrogen-bond donors (Lipinski definition) is 2. The van der Waals surface area contributed by atoms with Gasteiger partial charge in [0.25, 0.3) is 0 Å². The Morgan fingerprint density at radius 1 is 1.38 bits per heavy atom. The van der Waals surface area contributed by atoms with Crippen LogP contribution in [0, 0.1) is 11.3 Å². The third-order valence-corrected chi connectivity index (χ3v) is 3.41. The second kappa shape index (κ2) is 6.05. The van der Waals surface area contributed by atoms with E-state index in [1.807, 2.05) is 18.2 Å². The molecule has 1 aromatic carbocycles. The monoisotopic (exact) mass is 281 g/mol. The van der Waals surface area contributed by atoms with Gasteiger partial charge in [0.1, 0.15) is 11.6 Å². The maximum absolute atomic E-state index is 9.11. The highest BCUT2D eigenvalue weighted by Crippen LogP contribution is 2.23. The lowest BCUT2D eigenvalue weighted by molar-refractivity contribution is 0.881. The maximum Gasteiger partial charge on any atom is 0.216 e. The van der Waals surface area contributed by atoms with Crippen LogP contribution in [0.3, 0.4) is 0 Å². The Kier molecular flexibility index (Phi) is 3.78. The van der Waals surface area contributed by atoms with Crippen molar-refractivity contribution in [3.8, 4) is 6.07 Å². The zero-order valence-corrected chi connectivity index (χ0v) is 11.5. The van der Waals surface area contributed by atoms with Crippen LogP contribution in [0.4, 0.5) is 11.4 Å². The fourth-order valence-electron chi connectivity index (χ4n) is 2.35. The Bertz CT molecular complexity index is 663. The van der Waals surface area contributed by atoms with Gasteiger partial charge in [-0.2, -0.15) is 10.5 Å². The molecule has 0 aliphatic carbocycles. The van der Waals surface area contributed by atoms with Crippen molar-refractivity contribution >= 4 is 16.9 Å². The number of allylic oxidation sites excluding steroid dienone is 1. The summed E-state index contributed by atoms with van der Waals surface area (Å²) in [6.45, 7) is 2.21. The van der Waals surface area contributed by atoms with Crippen LogP contribution in [-0.4, -0.2) is 33.7 Å². The first-order valence-electron chi connectivity index (χ1n) is 6.82. The van der Waals surface area contributed by atoms with Crippen molar-refractivity contribution in [1.82, 2.24) is 20.6 Å². The molecule has 0 radical (unpaired) electrons. The molecule has 1 aromatic heterocycles. The van der Waals surface area contributed by atoms with E-state index in [0.717, 1.165) is 18.8 Å². The van der Waals surface area contributed by atoms with Gasteiger partial charge >= 0.3 is 0 Å². The minimum absolute atomic E-state index is 0.278. The molecule has 0 amide bonds. The van der Waals surface area contributed by atoms with Gasteiger partial charge in [-0.05, 0) is 36.3 Å². The molecule has 1 fully saturated rings. The molecule has 7 nitrogen and oxygen atoms in total. The molecule has 1 saturated heterocycles. The minimum atomic E-state index is 0.278. The van der Waals surface area contributed by atoms with E-state index in [9.17, 15) is 0 Å². The number of aromatic amines is 1. The maximum atomic E-state index is 9.11. The third-order valence-electron chi connectivity index (χ3n) is 3.41. The lowest BCUT2D eigenvalue weighted by Gasteiger charge is -2.18. The average molecular weight is 281 g/mol. The highest BCUT2D eigenvalue weighted by atomic mass is 15.5. The van der Waals surface area contributed by atoms with E-state index in [-0.39, 0.29) is 5.82 Å². The second-order valence-corrected chi connectivity index (χ2v) is 4.79. The van der Waals surface area contributed by atoms with Crippen molar-refractivity contribution in [2.24, 2.45) is 0 Å². The normalized spacial score (nSPS) is 15.0. The standard InChI is InChI=1S/C14H15N7/c15-9-11(14-17-19-20-18-14)10-16-12-4-3-5-13(8-12)21-6-1-2-7-21/h3-5,8,10,16H,1-2,6-7H2,(H,17,18,19,20). The van der Waals surface area contributed by atoms with Crippen molar-refractivity contribution in [2.45, 2.75) is 12.8 Å². The Morgan fingerprint density at radius 2 is 2.24 bits per heavy atom. The van der Waals surface area contributed by atoms with Gasteiger partial charge in [-0.15, -0.1) is 10.2 Å². The predicted molar refractivity (Wildman–Crippen MR) is 79.3 cm³/mol. The number of rotatable bonds is 4. The van der Waals surface area contributed by atoms with Crippen LogP contribution in [-0.2, 0) is 0 Å². The molecule has 3 rings (SSSR count). The molecular formula is C14H15N7. The van der Waals surface area contributed by atoms with Gasteiger partial charge in [-0.1, -0.05) is 6.07 Å². The summed E-state index contributed by atoms with van der Waals surface area (Å²) >= 11 is 0. The zero-order valence-electron chi connectivity index (χ0n) is 11.5. The summed E-state index contributed by atoms with van der Waals surface area (Å²) in [6.07, 6.45) is 4.08. The number of anilines is 2. The molecule has 1 aliphatic heterocycles. The highest BCUT2D eigenvalue weighted by molar-refractivity contribution is 5.74. The fraction of sp³-hybridized carbons (Fsp3) is 0.286. The molecule has 0 spiro atoms. The second-order valence-electron chi connectivity index (χ2n) is 4.79. The Hall–Kier alpha value is -2.88. The molecular weight excluding hydrogens is 266 g/mol. The molecule has 2 aromatic rings. The number of hydrogen-bond acceptors (Lipinski definition) is 6. The molecule has 1 aliphatic rings. The van der Waals surface area contributed by atoms with Gasteiger partial charge in [-0.25, -0.2) is 0 Å². The smallest absolute Gasteiger partial charge is 0.216 e. The number of benzene rings is 1. The SMILES string of the molecule is N#CC(=CNc1cccc(N2CCCC2)c1)c1nn[nH]n1. The Labute approximate surface area is 122 Å². The van der Waals surface area contributed by atoms with Gasteiger partial charge in [-0.3, -0.25) is 0 Å². The summed E-state index contributed by atoms with van der Waals surface area (Å²) in [5.74, 6) is 0.278. The van der Waals surface area contributed by atoms with Crippen molar-refractivity contribution in [1.29, 1.82) is 5.26 Å². The predicted octanol–water partition coefficient (Wildman–Crippen LogP) is 1.78. The Morgan fingerprint density at radius 3 is 2.95 bits per heavy atom. The molecule has 0 saturated carbocycles. The summed E-state index contributed by atoms with van der Waals surface area (Å²) in [5.41, 5.74) is 2.45. The molecule has 2 N–H and O–H groups in total. The topological polar surface area (TPSA) is 93.5 Å². The number of nitriles is 1. The van der Waals surface area contributed by atoms with Gasteiger partial charge in [0.05, 0.1) is 0 Å². The van der Waals surface area contributed by atoms with E-state index in [0.29, 0.717) is 5.57 Å². The zero-order chi connectivity index (χ0) is 14.5. The van der Waals surface area contributed by atoms with Crippen LogP contribution < -0.4 is 10.2 Å².